The first-order valence-electron chi connectivity index (χ1n) is 4.26. The third-order valence-corrected chi connectivity index (χ3v) is 1.76. The van der Waals surface area contributed by atoms with E-state index < -0.39 is 23.8 Å². The summed E-state index contributed by atoms with van der Waals surface area (Å²) in [7, 11) is 0. The third-order valence-electron chi connectivity index (χ3n) is 1.76. The number of hydrogen-bond acceptors (Lipinski definition) is 3. The van der Waals surface area contributed by atoms with E-state index in [0.717, 1.165) is 12.1 Å². The maximum atomic E-state index is 12.5. The first kappa shape index (κ1) is 11.2. The maximum Gasteiger partial charge on any atom is 0.338 e. The highest BCUT2D eigenvalue weighted by atomic mass is 19.1. The highest BCUT2D eigenvalue weighted by molar-refractivity contribution is 5.91. The van der Waals surface area contributed by atoms with Gasteiger partial charge in [0.2, 0.25) is 0 Å². The van der Waals surface area contributed by atoms with E-state index in [0.29, 0.717) is 0 Å². The van der Waals surface area contributed by atoms with Crippen molar-refractivity contribution in [1.29, 1.82) is 0 Å². The molecule has 1 aromatic rings. The molecule has 1 amide bonds. The number of rotatable bonds is 3. The molecule has 0 aromatic heterocycles. The second kappa shape index (κ2) is 4.54. The van der Waals surface area contributed by atoms with Gasteiger partial charge >= 0.3 is 5.97 Å². The molecule has 1 rings (SSSR count). The smallest absolute Gasteiger partial charge is 0.338 e. The summed E-state index contributed by atoms with van der Waals surface area (Å²) in [5.41, 5.74) is 5.08. The van der Waals surface area contributed by atoms with Crippen molar-refractivity contribution >= 4 is 11.9 Å². The Morgan fingerprint density at radius 2 is 1.87 bits per heavy atom. The first-order chi connectivity index (χ1) is 7.00. The molecule has 0 unspecified atom stereocenters. The zero-order valence-electron chi connectivity index (χ0n) is 8.07. The molecule has 1 atom stereocenters. The lowest BCUT2D eigenvalue weighted by atomic mass is 10.2. The van der Waals surface area contributed by atoms with Crippen LogP contribution in [0.25, 0.3) is 0 Å². The van der Waals surface area contributed by atoms with Gasteiger partial charge in [0.15, 0.2) is 6.10 Å². The number of primary amides is 1. The lowest BCUT2D eigenvalue weighted by molar-refractivity contribution is -0.125. The Kier molecular flexibility index (Phi) is 3.38. The Labute approximate surface area is 85.8 Å². The minimum atomic E-state index is -0.998. The van der Waals surface area contributed by atoms with Gasteiger partial charge in [-0.2, -0.15) is 0 Å². The number of ether oxygens (including phenoxy) is 1. The molecule has 0 radical (unpaired) electrons. The average molecular weight is 211 g/mol. The predicted molar refractivity (Wildman–Crippen MR) is 50.5 cm³/mol. The van der Waals surface area contributed by atoms with E-state index in [1.54, 1.807) is 0 Å². The predicted octanol–water partition coefficient (Wildman–Crippen LogP) is 0.856. The Morgan fingerprint density at radius 1 is 1.33 bits per heavy atom. The van der Waals surface area contributed by atoms with E-state index in [-0.39, 0.29) is 5.56 Å². The van der Waals surface area contributed by atoms with E-state index in [1.807, 2.05) is 0 Å². The highest BCUT2D eigenvalue weighted by Gasteiger charge is 2.15. The van der Waals surface area contributed by atoms with Gasteiger partial charge in [0.05, 0.1) is 5.56 Å². The molecule has 0 saturated carbocycles. The van der Waals surface area contributed by atoms with Crippen LogP contribution in [-0.2, 0) is 9.53 Å². The average Bonchev–Trinajstić information content (AvgIpc) is 2.18. The van der Waals surface area contributed by atoms with Crippen LogP contribution in [-0.4, -0.2) is 18.0 Å². The van der Waals surface area contributed by atoms with Crippen LogP contribution in [0.2, 0.25) is 0 Å². The second-order valence-electron chi connectivity index (χ2n) is 2.96. The number of benzene rings is 1. The van der Waals surface area contributed by atoms with Crippen LogP contribution in [0.3, 0.4) is 0 Å². The summed E-state index contributed by atoms with van der Waals surface area (Å²) >= 11 is 0. The molecule has 80 valence electrons. The molecular weight excluding hydrogens is 201 g/mol. The van der Waals surface area contributed by atoms with Crippen molar-refractivity contribution in [3.8, 4) is 0 Å². The standard InChI is InChI=1S/C10H10FNO3/c1-6(9(12)13)15-10(14)7-2-4-8(11)5-3-7/h2-6H,1H3,(H2,12,13)/t6-/m0/s1. The number of nitrogens with two attached hydrogens (primary N) is 1. The molecule has 0 aliphatic rings. The molecule has 1 aromatic carbocycles. The van der Waals surface area contributed by atoms with Gasteiger partial charge in [-0.3, -0.25) is 4.79 Å². The first-order valence-corrected chi connectivity index (χ1v) is 4.26. The molecule has 0 fully saturated rings. The van der Waals surface area contributed by atoms with Crippen LogP contribution in [0.5, 0.6) is 0 Å². The van der Waals surface area contributed by atoms with E-state index in [1.165, 1.54) is 19.1 Å². The number of hydrogen-bond donors (Lipinski definition) is 1. The molecule has 4 nitrogen and oxygen atoms in total. The van der Waals surface area contributed by atoms with Crippen molar-refractivity contribution in [3.05, 3.63) is 35.6 Å². The minimum Gasteiger partial charge on any atom is -0.449 e. The van der Waals surface area contributed by atoms with E-state index in [9.17, 15) is 14.0 Å². The van der Waals surface area contributed by atoms with Gasteiger partial charge in [-0.1, -0.05) is 0 Å². The van der Waals surface area contributed by atoms with Crippen LogP contribution in [0, 0.1) is 5.82 Å². The van der Waals surface area contributed by atoms with Crippen LogP contribution in [0.15, 0.2) is 24.3 Å². The monoisotopic (exact) mass is 211 g/mol. The topological polar surface area (TPSA) is 69.4 Å². The zero-order chi connectivity index (χ0) is 11.4. The van der Waals surface area contributed by atoms with Crippen molar-refractivity contribution in [2.45, 2.75) is 13.0 Å². The van der Waals surface area contributed by atoms with Crippen LogP contribution in [0.1, 0.15) is 17.3 Å². The molecule has 0 heterocycles. The van der Waals surface area contributed by atoms with Gasteiger partial charge in [-0.15, -0.1) is 0 Å². The lowest BCUT2D eigenvalue weighted by Crippen LogP contribution is -2.30. The van der Waals surface area contributed by atoms with Crippen LogP contribution in [0.4, 0.5) is 4.39 Å². The number of carbonyl (C=O) groups is 2. The molecule has 0 bridgehead atoms. The Balaban J connectivity index is 2.69. The SMILES string of the molecule is C[C@H](OC(=O)c1ccc(F)cc1)C(N)=O. The van der Waals surface area contributed by atoms with Gasteiger partial charge in [-0.25, -0.2) is 9.18 Å². The number of carbonyl (C=O) groups excluding carboxylic acids is 2. The fourth-order valence-corrected chi connectivity index (χ4v) is 0.873. The molecule has 0 aliphatic heterocycles. The quantitative estimate of drug-likeness (QED) is 0.754. The Hall–Kier alpha value is -1.91. The van der Waals surface area contributed by atoms with Crippen molar-refractivity contribution in [2.75, 3.05) is 0 Å². The molecular formula is C10H10FNO3. The summed E-state index contributed by atoms with van der Waals surface area (Å²) in [6.45, 7) is 1.36. The van der Waals surface area contributed by atoms with Crippen molar-refractivity contribution in [2.24, 2.45) is 5.73 Å². The van der Waals surface area contributed by atoms with Crippen molar-refractivity contribution in [1.82, 2.24) is 0 Å². The Bertz CT molecular complexity index is 375. The molecule has 0 aliphatic carbocycles. The molecule has 0 saturated heterocycles. The Morgan fingerprint density at radius 3 is 2.33 bits per heavy atom. The maximum absolute atomic E-state index is 12.5. The van der Waals surface area contributed by atoms with Gasteiger partial charge < -0.3 is 10.5 Å². The van der Waals surface area contributed by atoms with Crippen LogP contribution >= 0.6 is 0 Å². The third kappa shape index (κ3) is 3.05. The molecule has 0 spiro atoms. The number of esters is 1. The van der Waals surface area contributed by atoms with Gasteiger partial charge in [0.1, 0.15) is 5.82 Å². The van der Waals surface area contributed by atoms with Gasteiger partial charge in [-0.05, 0) is 31.2 Å². The second-order valence-corrected chi connectivity index (χ2v) is 2.96. The summed E-state index contributed by atoms with van der Waals surface area (Å²) < 4.78 is 17.2. The van der Waals surface area contributed by atoms with E-state index in [2.05, 4.69) is 0 Å². The van der Waals surface area contributed by atoms with Gasteiger partial charge in [0, 0.05) is 0 Å². The largest absolute Gasteiger partial charge is 0.449 e. The number of halogens is 1. The summed E-state index contributed by atoms with van der Waals surface area (Å²) in [5, 5.41) is 0. The molecule has 15 heavy (non-hydrogen) atoms. The summed E-state index contributed by atoms with van der Waals surface area (Å²) in [5.74, 6) is -1.89. The summed E-state index contributed by atoms with van der Waals surface area (Å²) in [4.78, 5) is 21.9. The highest BCUT2D eigenvalue weighted by Crippen LogP contribution is 2.05. The van der Waals surface area contributed by atoms with Crippen molar-refractivity contribution < 1.29 is 18.7 Å². The fraction of sp³-hybridized carbons (Fsp3) is 0.200. The zero-order valence-corrected chi connectivity index (χ0v) is 8.07. The minimum absolute atomic E-state index is 0.171. The van der Waals surface area contributed by atoms with E-state index >= 15 is 0 Å². The van der Waals surface area contributed by atoms with E-state index in [4.69, 9.17) is 10.5 Å². The summed E-state index contributed by atoms with van der Waals surface area (Å²) in [6.07, 6.45) is -0.998. The normalized spacial score (nSPS) is 11.9. The molecule has 2 N–H and O–H groups in total. The van der Waals surface area contributed by atoms with Crippen LogP contribution < -0.4 is 5.73 Å². The lowest BCUT2D eigenvalue weighted by Gasteiger charge is -2.08. The van der Waals surface area contributed by atoms with Crippen molar-refractivity contribution in [3.63, 3.8) is 0 Å². The number of amides is 1. The fourth-order valence-electron chi connectivity index (χ4n) is 0.873. The summed E-state index contributed by atoms with van der Waals surface area (Å²) in [6, 6.07) is 4.80. The van der Waals surface area contributed by atoms with Gasteiger partial charge in [0.25, 0.3) is 5.91 Å². The molecule has 5 heteroatoms.